The zero-order valence-electron chi connectivity index (χ0n) is 11.1. The second-order valence-corrected chi connectivity index (χ2v) is 5.26. The molecule has 3 rings (SSSR count). The highest BCUT2D eigenvalue weighted by atomic mass is 16.2. The van der Waals surface area contributed by atoms with Gasteiger partial charge in [0.1, 0.15) is 6.04 Å². The van der Waals surface area contributed by atoms with E-state index >= 15 is 0 Å². The summed E-state index contributed by atoms with van der Waals surface area (Å²) in [6, 6.07) is 6.46. The zero-order chi connectivity index (χ0) is 12.7. The number of rotatable bonds is 1. The zero-order valence-corrected chi connectivity index (χ0v) is 11.1. The van der Waals surface area contributed by atoms with Crippen LogP contribution in [0.3, 0.4) is 0 Å². The van der Waals surface area contributed by atoms with E-state index < -0.39 is 0 Å². The van der Waals surface area contributed by atoms with E-state index in [1.54, 1.807) is 0 Å². The maximum atomic E-state index is 12.5. The predicted molar refractivity (Wildman–Crippen MR) is 72.9 cm³/mol. The molecule has 0 aliphatic carbocycles. The van der Waals surface area contributed by atoms with Crippen LogP contribution in [0, 0.1) is 6.92 Å². The van der Waals surface area contributed by atoms with E-state index in [0.717, 1.165) is 32.5 Å². The molecule has 0 N–H and O–H groups in total. The van der Waals surface area contributed by atoms with E-state index in [1.165, 1.54) is 16.8 Å². The van der Waals surface area contributed by atoms with Gasteiger partial charge in [-0.2, -0.15) is 0 Å². The number of anilines is 1. The Morgan fingerprint density at radius 2 is 2.17 bits per heavy atom. The Morgan fingerprint density at radius 1 is 1.33 bits per heavy atom. The van der Waals surface area contributed by atoms with Crippen LogP contribution in [0.4, 0.5) is 5.69 Å². The first-order valence-electron chi connectivity index (χ1n) is 6.86. The Labute approximate surface area is 108 Å². The quantitative estimate of drug-likeness (QED) is 0.754. The molecule has 1 fully saturated rings. The number of hydrogen-bond donors (Lipinski definition) is 0. The Kier molecular flexibility index (Phi) is 2.77. The van der Waals surface area contributed by atoms with Gasteiger partial charge in [-0.25, -0.2) is 0 Å². The molecule has 96 valence electrons. The highest BCUT2D eigenvalue weighted by molar-refractivity contribution is 5.89. The summed E-state index contributed by atoms with van der Waals surface area (Å²) < 4.78 is 0. The number of hydrogen-bond acceptors (Lipinski definition) is 2. The predicted octanol–water partition coefficient (Wildman–Crippen LogP) is 1.98. The van der Waals surface area contributed by atoms with E-state index in [2.05, 4.69) is 36.9 Å². The molecule has 0 bridgehead atoms. The monoisotopic (exact) mass is 244 g/mol. The van der Waals surface area contributed by atoms with Crippen LogP contribution in [0.1, 0.15) is 24.5 Å². The second-order valence-electron chi connectivity index (χ2n) is 5.26. The molecule has 1 unspecified atom stereocenters. The van der Waals surface area contributed by atoms with Crippen molar-refractivity contribution in [2.75, 3.05) is 24.5 Å². The minimum absolute atomic E-state index is 0.0450. The number of aryl methyl sites for hydroxylation is 1. The first kappa shape index (κ1) is 11.6. The van der Waals surface area contributed by atoms with Crippen molar-refractivity contribution in [1.82, 2.24) is 4.90 Å². The van der Waals surface area contributed by atoms with Crippen LogP contribution in [-0.2, 0) is 11.2 Å². The fourth-order valence-electron chi connectivity index (χ4n) is 3.26. The van der Waals surface area contributed by atoms with E-state index in [1.807, 2.05) is 4.90 Å². The van der Waals surface area contributed by atoms with Gasteiger partial charge in [-0.3, -0.25) is 4.79 Å². The molecule has 18 heavy (non-hydrogen) atoms. The minimum Gasteiger partial charge on any atom is -0.359 e. The number of amides is 1. The molecule has 0 spiro atoms. The van der Waals surface area contributed by atoms with Crippen molar-refractivity contribution in [2.45, 2.75) is 32.7 Å². The largest absolute Gasteiger partial charge is 0.359 e. The third-order valence-electron chi connectivity index (χ3n) is 4.27. The molecule has 2 heterocycles. The molecule has 0 aromatic heterocycles. The molecule has 1 saturated heterocycles. The van der Waals surface area contributed by atoms with Gasteiger partial charge in [-0.05, 0) is 37.5 Å². The first-order chi connectivity index (χ1) is 8.72. The van der Waals surface area contributed by atoms with Crippen LogP contribution in [0.25, 0.3) is 0 Å². The number of carbonyl (C=O) groups excluding carboxylic acids is 1. The smallest absolute Gasteiger partial charge is 0.245 e. The van der Waals surface area contributed by atoms with Crippen molar-refractivity contribution in [3.8, 4) is 0 Å². The van der Waals surface area contributed by atoms with E-state index in [4.69, 9.17) is 0 Å². The van der Waals surface area contributed by atoms with Gasteiger partial charge in [0, 0.05) is 31.7 Å². The van der Waals surface area contributed by atoms with Crippen LogP contribution < -0.4 is 4.90 Å². The van der Waals surface area contributed by atoms with E-state index in [9.17, 15) is 4.79 Å². The van der Waals surface area contributed by atoms with Crippen LogP contribution in [-0.4, -0.2) is 36.5 Å². The molecule has 1 aromatic carbocycles. The van der Waals surface area contributed by atoms with Gasteiger partial charge in [0.25, 0.3) is 0 Å². The average molecular weight is 244 g/mol. The Bertz CT molecular complexity index is 483. The Morgan fingerprint density at radius 3 is 2.94 bits per heavy atom. The molecule has 3 nitrogen and oxygen atoms in total. The topological polar surface area (TPSA) is 23.6 Å². The summed E-state index contributed by atoms with van der Waals surface area (Å²) in [6.07, 6.45) is 1.96. The van der Waals surface area contributed by atoms with Gasteiger partial charge in [0.15, 0.2) is 0 Å². The average Bonchev–Trinajstić information content (AvgIpc) is 2.67. The molecule has 1 atom stereocenters. The molecule has 2 aliphatic rings. The fourth-order valence-corrected chi connectivity index (χ4v) is 3.26. The molecule has 1 amide bonds. The molecular formula is C15H20N2O. The lowest BCUT2D eigenvalue weighted by Crippen LogP contribution is -2.44. The Hall–Kier alpha value is -1.51. The lowest BCUT2D eigenvalue weighted by Gasteiger charge is -2.25. The first-order valence-corrected chi connectivity index (χ1v) is 6.86. The number of likely N-dealkylation sites (N-methyl/N-ethyl adjacent to an activating group) is 1. The SMILES string of the molecule is CCN1CCCN2c3cccc(C)c3CC2C1=O. The van der Waals surface area contributed by atoms with Crippen molar-refractivity contribution < 1.29 is 4.79 Å². The van der Waals surface area contributed by atoms with Crippen molar-refractivity contribution in [3.63, 3.8) is 0 Å². The summed E-state index contributed by atoms with van der Waals surface area (Å²) in [6.45, 7) is 6.96. The molecular weight excluding hydrogens is 224 g/mol. The molecule has 0 saturated carbocycles. The van der Waals surface area contributed by atoms with Gasteiger partial charge in [0.05, 0.1) is 0 Å². The third kappa shape index (κ3) is 1.61. The number of benzene rings is 1. The molecule has 2 aliphatic heterocycles. The molecule has 0 radical (unpaired) electrons. The van der Waals surface area contributed by atoms with Crippen molar-refractivity contribution >= 4 is 11.6 Å². The second kappa shape index (κ2) is 4.30. The van der Waals surface area contributed by atoms with E-state index in [-0.39, 0.29) is 6.04 Å². The van der Waals surface area contributed by atoms with Crippen LogP contribution in [0.5, 0.6) is 0 Å². The van der Waals surface area contributed by atoms with Gasteiger partial charge in [-0.1, -0.05) is 12.1 Å². The lowest BCUT2D eigenvalue weighted by atomic mass is 10.0. The summed E-state index contributed by atoms with van der Waals surface area (Å²) in [7, 11) is 0. The van der Waals surface area contributed by atoms with Crippen molar-refractivity contribution in [1.29, 1.82) is 0 Å². The maximum Gasteiger partial charge on any atom is 0.245 e. The summed E-state index contributed by atoms with van der Waals surface area (Å²) >= 11 is 0. The summed E-state index contributed by atoms with van der Waals surface area (Å²) in [5, 5.41) is 0. The van der Waals surface area contributed by atoms with Crippen molar-refractivity contribution in [2.24, 2.45) is 0 Å². The van der Waals surface area contributed by atoms with Gasteiger partial charge in [0.2, 0.25) is 5.91 Å². The van der Waals surface area contributed by atoms with Gasteiger partial charge in [-0.15, -0.1) is 0 Å². The van der Waals surface area contributed by atoms with Crippen LogP contribution >= 0.6 is 0 Å². The molecule has 3 heteroatoms. The highest BCUT2D eigenvalue weighted by Crippen LogP contribution is 2.36. The number of nitrogens with zero attached hydrogens (tertiary/aromatic N) is 2. The highest BCUT2D eigenvalue weighted by Gasteiger charge is 2.38. The fraction of sp³-hybridized carbons (Fsp3) is 0.533. The standard InChI is InChI=1S/C15H20N2O/c1-3-16-8-5-9-17-13-7-4-6-11(2)12(13)10-14(17)15(16)18/h4,6-7,14H,3,5,8-10H2,1-2H3. The normalized spacial score (nSPS) is 22.8. The summed E-state index contributed by atoms with van der Waals surface area (Å²) in [4.78, 5) is 16.8. The number of carbonyl (C=O) groups is 1. The number of fused-ring (bicyclic) bond motifs is 3. The van der Waals surface area contributed by atoms with Crippen LogP contribution in [0.2, 0.25) is 0 Å². The van der Waals surface area contributed by atoms with Gasteiger partial charge >= 0.3 is 0 Å². The van der Waals surface area contributed by atoms with Crippen molar-refractivity contribution in [3.05, 3.63) is 29.3 Å². The summed E-state index contributed by atoms with van der Waals surface area (Å²) in [5.74, 6) is 0.311. The Balaban J connectivity index is 1.99. The van der Waals surface area contributed by atoms with Crippen LogP contribution in [0.15, 0.2) is 18.2 Å². The molecule has 1 aromatic rings. The lowest BCUT2D eigenvalue weighted by molar-refractivity contribution is -0.131. The van der Waals surface area contributed by atoms with E-state index in [0.29, 0.717) is 5.91 Å². The maximum absolute atomic E-state index is 12.5. The van der Waals surface area contributed by atoms with Gasteiger partial charge < -0.3 is 9.80 Å². The minimum atomic E-state index is 0.0450. The third-order valence-corrected chi connectivity index (χ3v) is 4.27. The summed E-state index contributed by atoms with van der Waals surface area (Å²) in [5.41, 5.74) is 3.97.